The van der Waals surface area contributed by atoms with Gasteiger partial charge in [-0.2, -0.15) is 0 Å². The predicted molar refractivity (Wildman–Crippen MR) is 113 cm³/mol. The van der Waals surface area contributed by atoms with E-state index < -0.39 is 0 Å². The fraction of sp³-hybridized carbons (Fsp3) is 0. The molecule has 0 bridgehead atoms. The molecule has 3 nitrogen and oxygen atoms in total. The number of hydrogen-bond donors (Lipinski definition) is 0. The highest BCUT2D eigenvalue weighted by Gasteiger charge is 2.14. The van der Waals surface area contributed by atoms with Gasteiger partial charge in [-0.15, -0.1) is 0 Å². The van der Waals surface area contributed by atoms with Crippen LogP contribution in [0.2, 0.25) is 0 Å². The zero-order chi connectivity index (χ0) is 18.2. The molecule has 2 heterocycles. The van der Waals surface area contributed by atoms with Crippen molar-refractivity contribution < 1.29 is 0 Å². The summed E-state index contributed by atoms with van der Waals surface area (Å²) in [6.45, 7) is 0. The van der Waals surface area contributed by atoms with Crippen LogP contribution >= 0.6 is 15.9 Å². The second-order valence-corrected chi connectivity index (χ2v) is 7.08. The summed E-state index contributed by atoms with van der Waals surface area (Å²) in [6.07, 6.45) is 5.53. The van der Waals surface area contributed by atoms with E-state index in [0.717, 1.165) is 21.3 Å². The second-order valence-electron chi connectivity index (χ2n) is 6.29. The van der Waals surface area contributed by atoms with Crippen LogP contribution in [0.25, 0.3) is 44.2 Å². The summed E-state index contributed by atoms with van der Waals surface area (Å²) in [7, 11) is 0. The van der Waals surface area contributed by atoms with Gasteiger partial charge >= 0.3 is 0 Å². The topological polar surface area (TPSA) is 38.7 Å². The van der Waals surface area contributed by atoms with Gasteiger partial charge in [-0.05, 0) is 49.6 Å². The van der Waals surface area contributed by atoms with Crippen LogP contribution in [0.5, 0.6) is 0 Å². The normalized spacial score (nSPS) is 11.1. The van der Waals surface area contributed by atoms with Crippen molar-refractivity contribution in [3.05, 3.63) is 89.8 Å². The predicted octanol–water partition coefficient (Wildman–Crippen LogP) is 6.27. The number of halogens is 1. The Labute approximate surface area is 164 Å². The molecule has 128 valence electrons. The lowest BCUT2D eigenvalue weighted by molar-refractivity contribution is 1.14. The molecule has 2 aromatic heterocycles. The summed E-state index contributed by atoms with van der Waals surface area (Å²) in [5.41, 5.74) is 2.92. The third-order valence-electron chi connectivity index (χ3n) is 4.70. The molecule has 5 rings (SSSR count). The summed E-state index contributed by atoms with van der Waals surface area (Å²) in [5, 5.41) is 4.72. The number of rotatable bonds is 2. The zero-order valence-electron chi connectivity index (χ0n) is 14.3. The molecule has 0 aliphatic heterocycles. The standard InChI is InChI=1S/C23H14BrN3/c24-22-18-9-3-1-7-16(18)21(17-8-2-4-10-19(17)22)15-13-26-23(27-14-15)20-11-5-6-12-25-20/h1-14H. The van der Waals surface area contributed by atoms with Gasteiger partial charge in [0.15, 0.2) is 5.82 Å². The van der Waals surface area contributed by atoms with Gasteiger partial charge in [0.2, 0.25) is 0 Å². The minimum Gasteiger partial charge on any atom is -0.253 e. The van der Waals surface area contributed by atoms with Crippen molar-refractivity contribution >= 4 is 37.5 Å². The largest absolute Gasteiger partial charge is 0.253 e. The molecule has 0 saturated heterocycles. The first kappa shape index (κ1) is 16.1. The number of aromatic nitrogens is 3. The minimum absolute atomic E-state index is 0.630. The van der Waals surface area contributed by atoms with E-state index in [1.807, 2.05) is 30.6 Å². The first-order chi connectivity index (χ1) is 13.3. The van der Waals surface area contributed by atoms with E-state index >= 15 is 0 Å². The van der Waals surface area contributed by atoms with Crippen molar-refractivity contribution in [2.45, 2.75) is 0 Å². The Kier molecular flexibility index (Phi) is 3.91. The van der Waals surface area contributed by atoms with E-state index in [2.05, 4.69) is 79.4 Å². The lowest BCUT2D eigenvalue weighted by Crippen LogP contribution is -1.93. The van der Waals surface area contributed by atoms with E-state index in [4.69, 9.17) is 0 Å². The number of pyridine rings is 1. The van der Waals surface area contributed by atoms with Crippen LogP contribution in [-0.4, -0.2) is 15.0 Å². The Bertz CT molecular complexity index is 1210. The van der Waals surface area contributed by atoms with E-state index in [9.17, 15) is 0 Å². The molecular weight excluding hydrogens is 398 g/mol. The molecule has 0 amide bonds. The lowest BCUT2D eigenvalue weighted by atomic mass is 9.93. The summed E-state index contributed by atoms with van der Waals surface area (Å²) >= 11 is 3.79. The Morgan fingerprint density at radius 3 is 1.70 bits per heavy atom. The second kappa shape index (κ2) is 6.56. The molecule has 0 fully saturated rings. The molecule has 5 aromatic rings. The van der Waals surface area contributed by atoms with E-state index in [-0.39, 0.29) is 0 Å². The molecule has 0 N–H and O–H groups in total. The van der Waals surface area contributed by atoms with Gasteiger partial charge in [-0.1, -0.05) is 54.6 Å². The molecule has 0 unspecified atom stereocenters. The van der Waals surface area contributed by atoms with Crippen molar-refractivity contribution in [1.82, 2.24) is 15.0 Å². The molecule has 0 aliphatic carbocycles. The Morgan fingerprint density at radius 1 is 0.593 bits per heavy atom. The molecule has 4 heteroatoms. The molecular formula is C23H14BrN3. The number of fused-ring (bicyclic) bond motifs is 2. The molecule has 27 heavy (non-hydrogen) atoms. The van der Waals surface area contributed by atoms with Crippen LogP contribution in [0.15, 0.2) is 89.8 Å². The summed E-state index contributed by atoms with van der Waals surface area (Å²) in [4.78, 5) is 13.5. The van der Waals surface area contributed by atoms with Gasteiger partial charge in [0.05, 0.1) is 0 Å². The van der Waals surface area contributed by atoms with E-state index in [0.29, 0.717) is 5.82 Å². The van der Waals surface area contributed by atoms with E-state index in [1.165, 1.54) is 21.5 Å². The highest BCUT2D eigenvalue weighted by molar-refractivity contribution is 9.10. The third kappa shape index (κ3) is 2.69. The SMILES string of the molecule is Brc1c2ccccc2c(-c2cnc(-c3ccccn3)nc2)c2ccccc12. The average Bonchev–Trinajstić information content (AvgIpc) is 2.75. The van der Waals surface area contributed by atoms with Crippen molar-refractivity contribution in [3.8, 4) is 22.6 Å². The molecule has 0 spiro atoms. The van der Waals surface area contributed by atoms with Gasteiger partial charge in [0.25, 0.3) is 0 Å². The van der Waals surface area contributed by atoms with Gasteiger partial charge < -0.3 is 0 Å². The molecule has 0 radical (unpaired) electrons. The van der Waals surface area contributed by atoms with Gasteiger partial charge in [0.1, 0.15) is 5.69 Å². The van der Waals surface area contributed by atoms with Crippen LogP contribution in [0, 0.1) is 0 Å². The van der Waals surface area contributed by atoms with Crippen LogP contribution in [0.3, 0.4) is 0 Å². The number of benzene rings is 3. The molecule has 0 saturated carbocycles. The van der Waals surface area contributed by atoms with Gasteiger partial charge in [-0.25, -0.2) is 9.97 Å². The molecule has 0 atom stereocenters. The summed E-state index contributed by atoms with van der Waals surface area (Å²) in [5.74, 6) is 0.630. The monoisotopic (exact) mass is 411 g/mol. The fourth-order valence-electron chi connectivity index (χ4n) is 3.47. The average molecular weight is 412 g/mol. The third-order valence-corrected chi connectivity index (χ3v) is 5.55. The number of nitrogens with zero attached hydrogens (tertiary/aromatic N) is 3. The lowest BCUT2D eigenvalue weighted by Gasteiger charge is -2.14. The highest BCUT2D eigenvalue weighted by Crippen LogP contribution is 2.41. The summed E-state index contributed by atoms with van der Waals surface area (Å²) < 4.78 is 1.11. The van der Waals surface area contributed by atoms with Crippen LogP contribution in [0.4, 0.5) is 0 Å². The Balaban J connectivity index is 1.78. The Hall–Kier alpha value is -3.11. The van der Waals surface area contributed by atoms with Crippen molar-refractivity contribution in [2.75, 3.05) is 0 Å². The highest BCUT2D eigenvalue weighted by atomic mass is 79.9. The molecule has 3 aromatic carbocycles. The van der Waals surface area contributed by atoms with E-state index in [1.54, 1.807) is 6.20 Å². The zero-order valence-corrected chi connectivity index (χ0v) is 15.9. The fourth-order valence-corrected chi connectivity index (χ4v) is 4.16. The first-order valence-electron chi connectivity index (χ1n) is 8.66. The number of hydrogen-bond acceptors (Lipinski definition) is 3. The first-order valence-corrected chi connectivity index (χ1v) is 9.45. The maximum Gasteiger partial charge on any atom is 0.178 e. The summed E-state index contributed by atoms with van der Waals surface area (Å²) in [6, 6.07) is 22.6. The Morgan fingerprint density at radius 2 is 1.15 bits per heavy atom. The van der Waals surface area contributed by atoms with Crippen molar-refractivity contribution in [3.63, 3.8) is 0 Å². The van der Waals surface area contributed by atoms with Crippen molar-refractivity contribution in [1.29, 1.82) is 0 Å². The quantitative estimate of drug-likeness (QED) is 0.321. The maximum absolute atomic E-state index is 4.58. The van der Waals surface area contributed by atoms with Gasteiger partial charge in [0, 0.05) is 34.2 Å². The van der Waals surface area contributed by atoms with Crippen LogP contribution < -0.4 is 0 Å². The van der Waals surface area contributed by atoms with Crippen molar-refractivity contribution in [2.24, 2.45) is 0 Å². The maximum atomic E-state index is 4.58. The smallest absolute Gasteiger partial charge is 0.178 e. The van der Waals surface area contributed by atoms with Crippen LogP contribution in [-0.2, 0) is 0 Å². The van der Waals surface area contributed by atoms with Crippen LogP contribution in [0.1, 0.15) is 0 Å². The minimum atomic E-state index is 0.630. The van der Waals surface area contributed by atoms with Gasteiger partial charge in [-0.3, -0.25) is 4.98 Å². The molecule has 0 aliphatic rings.